The first-order valence-corrected chi connectivity index (χ1v) is 22.1. The van der Waals surface area contributed by atoms with Gasteiger partial charge in [0.1, 0.15) is 10.8 Å². The summed E-state index contributed by atoms with van der Waals surface area (Å²) in [5, 5.41) is 5.03. The second-order valence-electron chi connectivity index (χ2n) is 16.4. The first-order valence-electron chi connectivity index (χ1n) is 20.6. The van der Waals surface area contributed by atoms with E-state index in [0.717, 1.165) is 32.7 Å². The molecule has 5 aliphatic rings. The van der Waals surface area contributed by atoms with Crippen molar-refractivity contribution < 1.29 is 29.1 Å². The molecular weight excluding hydrogens is 944 g/mol. The fraction of sp³-hybridized carbons (Fsp3) is 0.0370. The summed E-state index contributed by atoms with van der Waals surface area (Å²) in [4.78, 5) is 52.7. The van der Waals surface area contributed by atoms with E-state index < -0.39 is 10.8 Å². The summed E-state index contributed by atoms with van der Waals surface area (Å²) >= 11 is 28.3. The van der Waals surface area contributed by atoms with E-state index in [9.17, 15) is 0 Å². The van der Waals surface area contributed by atoms with Gasteiger partial charge in [0.2, 0.25) is 0 Å². The van der Waals surface area contributed by atoms with Crippen molar-refractivity contribution in [1.29, 1.82) is 0 Å². The summed E-state index contributed by atoms with van der Waals surface area (Å²) in [5.74, 6) is -0.329. The monoisotopic (exact) mass is 966 g/mol. The predicted molar refractivity (Wildman–Crippen MR) is 256 cm³/mol. The number of ketones is 2. The van der Waals surface area contributed by atoms with Gasteiger partial charge < -0.3 is 9.97 Å². The van der Waals surface area contributed by atoms with Crippen LogP contribution in [-0.4, -0.2) is 23.0 Å². The van der Waals surface area contributed by atoms with Crippen LogP contribution in [-0.2, 0) is 30.3 Å². The molecule has 65 heavy (non-hydrogen) atoms. The SMILES string of the molecule is O=C1c2cccc3cccc(c23)[C@@]12C1=N/C(=C(/c3c(Cl)cccc3Cl)c3ccc([n-]3)[C@@]3(C(=O)c4cccc5cccc3c45)C3=N/C(=C(/c4c(Cl)cccc4Cl)c4ccc2[n-]4)C=C3)C=C1.[Zn+2]. The van der Waals surface area contributed by atoms with E-state index in [4.69, 9.17) is 66.4 Å². The summed E-state index contributed by atoms with van der Waals surface area (Å²) in [6.45, 7) is 0. The number of halogens is 4. The number of rotatable bonds is 2. The molecule has 13 rings (SSSR count). The van der Waals surface area contributed by atoms with Crippen molar-refractivity contribution in [1.82, 2.24) is 9.97 Å². The van der Waals surface area contributed by atoms with E-state index in [1.54, 1.807) is 36.4 Å². The van der Waals surface area contributed by atoms with Gasteiger partial charge in [0.15, 0.2) is 11.6 Å². The van der Waals surface area contributed by atoms with Crippen molar-refractivity contribution in [3.05, 3.63) is 245 Å². The molecule has 0 saturated heterocycles. The Morgan fingerprint density at radius 3 is 1.20 bits per heavy atom. The smallest absolute Gasteiger partial charge is 0.659 e. The van der Waals surface area contributed by atoms with E-state index in [0.29, 0.717) is 99.1 Å². The van der Waals surface area contributed by atoms with Crippen LogP contribution in [0, 0.1) is 0 Å². The molecule has 8 bridgehead atoms. The average Bonchev–Trinajstić information content (AvgIpc) is 4.18. The first kappa shape index (κ1) is 40.3. The van der Waals surface area contributed by atoms with Gasteiger partial charge in [-0.25, -0.2) is 0 Å². The Bertz CT molecular complexity index is 3440. The quantitative estimate of drug-likeness (QED) is 0.162. The maximum absolute atomic E-state index is 15.5. The van der Waals surface area contributed by atoms with Crippen LogP contribution in [0.3, 0.4) is 0 Å². The number of Topliss-reactive ketones (excluding diaryl/α,β-unsaturated/α-hetero) is 2. The summed E-state index contributed by atoms with van der Waals surface area (Å²) in [5.41, 5.74) is 5.49. The maximum Gasteiger partial charge on any atom is 2.00 e. The number of aliphatic imine (C=N–C) groups is 2. The van der Waals surface area contributed by atoms with Crippen LogP contribution < -0.4 is 9.97 Å². The van der Waals surface area contributed by atoms with Crippen LogP contribution in [0.1, 0.15) is 65.7 Å². The van der Waals surface area contributed by atoms with E-state index in [1.807, 2.05) is 121 Å². The van der Waals surface area contributed by atoms with E-state index in [2.05, 4.69) is 0 Å². The fourth-order valence-electron chi connectivity index (χ4n) is 10.7. The van der Waals surface area contributed by atoms with Crippen molar-refractivity contribution in [3.63, 3.8) is 0 Å². The van der Waals surface area contributed by atoms with Crippen LogP contribution in [0.2, 0.25) is 20.1 Å². The number of fused-ring (bicyclic) bond motifs is 12. The largest absolute Gasteiger partial charge is 2.00 e. The van der Waals surface area contributed by atoms with Crippen molar-refractivity contribution >= 4 is 102 Å². The van der Waals surface area contributed by atoms with Gasteiger partial charge in [0.25, 0.3) is 0 Å². The summed E-state index contributed by atoms with van der Waals surface area (Å²) in [6, 6.07) is 41.6. The van der Waals surface area contributed by atoms with Gasteiger partial charge in [-0.2, -0.15) is 0 Å². The molecule has 304 valence electrons. The summed E-state index contributed by atoms with van der Waals surface area (Å²) in [7, 11) is 0. The molecule has 0 amide bonds. The topological polar surface area (TPSA) is 87.1 Å². The second-order valence-corrected chi connectivity index (χ2v) is 18.0. The normalized spacial score (nSPS) is 22.2. The standard InChI is InChI=1S/C54H26Cl4N4O2.Zn/c55-33-15-5-16-34(56)47(33)49-37-19-23-41(59-37)53(31-13-3-9-27-7-1-11-29(45(27)31)51(53)63)42-24-20-38(60-42)50(48-35(57)17-6-18-36(48)58)40-22-26-44(62-40)54(43-25-21-39(49)61-43)32-14-4-10-28-8-2-12-30(46(28)32)52(54)64;/h1-26H;/q-2;+2/t53-,54+;. The van der Waals surface area contributed by atoms with Gasteiger partial charge in [-0.05, 0) is 92.4 Å². The third kappa shape index (κ3) is 5.22. The molecule has 0 saturated carbocycles. The molecule has 6 nitrogen and oxygen atoms in total. The molecule has 0 N–H and O–H groups in total. The molecule has 3 aliphatic heterocycles. The molecule has 8 aromatic rings. The fourth-order valence-corrected chi connectivity index (χ4v) is 11.9. The van der Waals surface area contributed by atoms with Crippen molar-refractivity contribution in [2.45, 2.75) is 10.8 Å². The Kier molecular flexibility index (Phi) is 8.94. The summed E-state index contributed by atoms with van der Waals surface area (Å²) < 4.78 is 0. The minimum Gasteiger partial charge on any atom is -0.659 e. The third-order valence-electron chi connectivity index (χ3n) is 13.3. The molecule has 6 aromatic carbocycles. The number of carbonyl (C=O) groups excluding carboxylic acids is 2. The zero-order chi connectivity index (χ0) is 43.2. The van der Waals surface area contributed by atoms with E-state index in [-0.39, 0.29) is 31.0 Å². The van der Waals surface area contributed by atoms with Crippen LogP contribution in [0.4, 0.5) is 0 Å². The molecular formula is C54H26Cl4N4O2Zn. The zero-order valence-electron chi connectivity index (χ0n) is 33.8. The van der Waals surface area contributed by atoms with Gasteiger partial charge in [-0.1, -0.05) is 156 Å². The van der Waals surface area contributed by atoms with Crippen molar-refractivity contribution in [2.24, 2.45) is 9.98 Å². The number of benzene rings is 6. The van der Waals surface area contributed by atoms with Gasteiger partial charge >= 0.3 is 19.5 Å². The molecule has 5 heterocycles. The molecule has 2 atom stereocenters. The zero-order valence-corrected chi connectivity index (χ0v) is 39.8. The third-order valence-corrected chi connectivity index (χ3v) is 14.6. The van der Waals surface area contributed by atoms with Crippen molar-refractivity contribution in [3.8, 4) is 0 Å². The van der Waals surface area contributed by atoms with Gasteiger partial charge in [-0.15, -0.1) is 22.8 Å². The molecule has 0 radical (unpaired) electrons. The Hall–Kier alpha value is -6.18. The summed E-state index contributed by atoms with van der Waals surface area (Å²) in [6.07, 6.45) is 7.49. The van der Waals surface area contributed by atoms with Crippen LogP contribution in [0.15, 0.2) is 179 Å². The number of hydrogen-bond donors (Lipinski definition) is 0. The van der Waals surface area contributed by atoms with Crippen LogP contribution >= 0.6 is 46.4 Å². The van der Waals surface area contributed by atoms with E-state index >= 15 is 9.59 Å². The molecule has 2 spiro atoms. The Morgan fingerprint density at radius 2 is 0.800 bits per heavy atom. The Balaban J connectivity index is 0.00000444. The van der Waals surface area contributed by atoms with Crippen LogP contribution in [0.5, 0.6) is 0 Å². The number of nitrogens with zero attached hydrogens (tertiary/aromatic N) is 4. The molecule has 2 aromatic heterocycles. The van der Waals surface area contributed by atoms with Crippen molar-refractivity contribution in [2.75, 3.05) is 0 Å². The van der Waals surface area contributed by atoms with Gasteiger partial charge in [0, 0.05) is 42.3 Å². The molecule has 11 heteroatoms. The number of hydrogen-bond acceptors (Lipinski definition) is 4. The number of allylic oxidation sites excluding steroid dienone is 4. The number of carbonyl (C=O) groups is 2. The predicted octanol–water partition coefficient (Wildman–Crippen LogP) is 12.7. The van der Waals surface area contributed by atoms with E-state index in [1.165, 1.54) is 0 Å². The average molecular weight is 970 g/mol. The molecule has 0 unspecified atom stereocenters. The minimum absolute atomic E-state index is 0. The Labute approximate surface area is 404 Å². The maximum atomic E-state index is 15.5. The first-order chi connectivity index (χ1) is 31.2. The Morgan fingerprint density at radius 1 is 0.431 bits per heavy atom. The molecule has 0 fully saturated rings. The number of aromatic nitrogens is 2. The van der Waals surface area contributed by atoms with Gasteiger partial charge in [-0.3, -0.25) is 19.6 Å². The minimum atomic E-state index is -1.48. The van der Waals surface area contributed by atoms with Crippen LogP contribution in [0.25, 0.3) is 32.7 Å². The van der Waals surface area contributed by atoms with Gasteiger partial charge in [0.05, 0.1) is 22.8 Å². The second kappa shape index (κ2) is 14.4. The molecule has 2 aliphatic carbocycles.